The van der Waals surface area contributed by atoms with Gasteiger partial charge in [-0.15, -0.1) is 11.3 Å². The first-order valence-corrected chi connectivity index (χ1v) is 6.33. The van der Waals surface area contributed by atoms with Crippen molar-refractivity contribution < 1.29 is 0 Å². The number of hydrogen-bond donors (Lipinski definition) is 1. The van der Waals surface area contributed by atoms with Gasteiger partial charge in [-0.3, -0.25) is 0 Å². The van der Waals surface area contributed by atoms with Crippen LogP contribution >= 0.6 is 11.3 Å². The van der Waals surface area contributed by atoms with Crippen molar-refractivity contribution in [3.05, 3.63) is 34.3 Å². The molecule has 2 N–H and O–H groups in total. The van der Waals surface area contributed by atoms with E-state index in [9.17, 15) is 0 Å². The Morgan fingerprint density at radius 2 is 2.38 bits per heavy atom. The molecule has 2 heterocycles. The van der Waals surface area contributed by atoms with Crippen LogP contribution in [0, 0.1) is 6.92 Å². The van der Waals surface area contributed by atoms with E-state index in [1.807, 2.05) is 24.8 Å². The number of thiazole rings is 1. The van der Waals surface area contributed by atoms with Gasteiger partial charge in [0.05, 0.1) is 24.3 Å². The van der Waals surface area contributed by atoms with Gasteiger partial charge < -0.3 is 10.3 Å². The summed E-state index contributed by atoms with van der Waals surface area (Å²) in [6.07, 6.45) is 6.23. The third-order valence-corrected chi connectivity index (χ3v) is 3.90. The molecule has 1 atom stereocenters. The Morgan fingerprint density at radius 3 is 3.00 bits per heavy atom. The third-order valence-electron chi connectivity index (χ3n) is 2.86. The van der Waals surface area contributed by atoms with E-state index in [2.05, 4.69) is 14.5 Å². The number of aromatic nitrogens is 3. The van der Waals surface area contributed by atoms with Gasteiger partial charge in [-0.2, -0.15) is 0 Å². The maximum Gasteiger partial charge on any atom is 0.116 e. The highest BCUT2D eigenvalue weighted by molar-refractivity contribution is 7.09. The molecule has 2 aromatic rings. The molecule has 3 rings (SSSR count). The van der Waals surface area contributed by atoms with E-state index < -0.39 is 0 Å². The molecule has 0 bridgehead atoms. The lowest BCUT2D eigenvalue weighted by Gasteiger charge is -2.11. The number of nitrogens with two attached hydrogens (primary N) is 1. The standard InChI is InChI=1S/C11H14N4S/c1-7-5-16-11(14-7)10(12)9-4-13-6-15(9)8-2-3-8/h4-6,8,10H,2-3,12H2,1H3. The fraction of sp³-hybridized carbons (Fsp3) is 0.455. The van der Waals surface area contributed by atoms with E-state index in [1.165, 1.54) is 12.8 Å². The van der Waals surface area contributed by atoms with Crippen molar-refractivity contribution >= 4 is 11.3 Å². The summed E-state index contributed by atoms with van der Waals surface area (Å²) in [7, 11) is 0. The van der Waals surface area contributed by atoms with Crippen molar-refractivity contribution in [3.8, 4) is 0 Å². The predicted molar refractivity (Wildman–Crippen MR) is 63.4 cm³/mol. The highest BCUT2D eigenvalue weighted by Crippen LogP contribution is 2.37. The molecule has 0 aliphatic heterocycles. The molecule has 2 aromatic heterocycles. The van der Waals surface area contributed by atoms with Gasteiger partial charge in [0, 0.05) is 17.1 Å². The van der Waals surface area contributed by atoms with Gasteiger partial charge in [-0.05, 0) is 19.8 Å². The van der Waals surface area contributed by atoms with E-state index in [4.69, 9.17) is 5.73 Å². The molecule has 0 amide bonds. The average molecular weight is 234 g/mol. The molecule has 0 saturated heterocycles. The smallest absolute Gasteiger partial charge is 0.116 e. The van der Waals surface area contributed by atoms with Crippen molar-refractivity contribution in [1.29, 1.82) is 0 Å². The summed E-state index contributed by atoms with van der Waals surface area (Å²) < 4.78 is 2.20. The zero-order valence-electron chi connectivity index (χ0n) is 9.13. The van der Waals surface area contributed by atoms with Gasteiger partial charge in [0.2, 0.25) is 0 Å². The average Bonchev–Trinajstić information content (AvgIpc) is 2.85. The Hall–Kier alpha value is -1.20. The summed E-state index contributed by atoms with van der Waals surface area (Å²) in [6, 6.07) is 0.478. The van der Waals surface area contributed by atoms with Crippen LogP contribution in [0.3, 0.4) is 0 Å². The summed E-state index contributed by atoms with van der Waals surface area (Å²) in [5, 5.41) is 3.01. The summed E-state index contributed by atoms with van der Waals surface area (Å²) in [4.78, 5) is 8.64. The molecule has 0 spiro atoms. The first kappa shape index (κ1) is 9.99. The first-order valence-electron chi connectivity index (χ1n) is 5.45. The molecule has 84 valence electrons. The third kappa shape index (κ3) is 1.66. The maximum atomic E-state index is 6.23. The number of hydrogen-bond acceptors (Lipinski definition) is 4. The first-order chi connectivity index (χ1) is 7.75. The van der Waals surface area contributed by atoms with E-state index >= 15 is 0 Å². The lowest BCUT2D eigenvalue weighted by molar-refractivity contribution is 0.658. The molecule has 1 saturated carbocycles. The molecule has 1 aliphatic carbocycles. The van der Waals surface area contributed by atoms with Gasteiger partial charge in [-0.25, -0.2) is 9.97 Å². The van der Waals surface area contributed by atoms with Crippen LogP contribution in [0.1, 0.15) is 41.3 Å². The summed E-state index contributed by atoms with van der Waals surface area (Å²) in [5.74, 6) is 0. The van der Waals surface area contributed by atoms with Crippen LogP contribution in [0.2, 0.25) is 0 Å². The zero-order valence-corrected chi connectivity index (χ0v) is 9.94. The highest BCUT2D eigenvalue weighted by atomic mass is 32.1. The van der Waals surface area contributed by atoms with Gasteiger partial charge in [0.25, 0.3) is 0 Å². The Kier molecular flexibility index (Phi) is 2.29. The van der Waals surface area contributed by atoms with Crippen LogP contribution in [0.4, 0.5) is 0 Å². The minimum absolute atomic E-state index is 0.137. The lowest BCUT2D eigenvalue weighted by atomic mass is 10.2. The van der Waals surface area contributed by atoms with E-state index in [0.717, 1.165) is 16.4 Å². The van der Waals surface area contributed by atoms with Crippen molar-refractivity contribution in [2.75, 3.05) is 0 Å². The second-order valence-electron chi connectivity index (χ2n) is 4.26. The van der Waals surface area contributed by atoms with Crippen LogP contribution in [-0.4, -0.2) is 14.5 Å². The normalized spacial score (nSPS) is 17.6. The van der Waals surface area contributed by atoms with Gasteiger partial charge in [0.1, 0.15) is 5.01 Å². The second kappa shape index (κ2) is 3.68. The molecule has 16 heavy (non-hydrogen) atoms. The van der Waals surface area contributed by atoms with Crippen molar-refractivity contribution in [2.45, 2.75) is 31.8 Å². The van der Waals surface area contributed by atoms with Gasteiger partial charge in [0.15, 0.2) is 0 Å². The molecular weight excluding hydrogens is 220 g/mol. The van der Waals surface area contributed by atoms with Crippen molar-refractivity contribution in [1.82, 2.24) is 14.5 Å². The van der Waals surface area contributed by atoms with Crippen LogP contribution in [0.25, 0.3) is 0 Å². The Labute approximate surface area is 98.1 Å². The van der Waals surface area contributed by atoms with Crippen LogP contribution in [0.15, 0.2) is 17.9 Å². The Balaban J connectivity index is 1.93. The summed E-state index contributed by atoms with van der Waals surface area (Å²) >= 11 is 1.62. The second-order valence-corrected chi connectivity index (χ2v) is 5.15. The summed E-state index contributed by atoms with van der Waals surface area (Å²) in [5.41, 5.74) is 8.34. The van der Waals surface area contributed by atoms with Crippen molar-refractivity contribution in [3.63, 3.8) is 0 Å². The Bertz CT molecular complexity index is 498. The van der Waals surface area contributed by atoms with Gasteiger partial charge in [-0.1, -0.05) is 0 Å². The van der Waals surface area contributed by atoms with Crippen molar-refractivity contribution in [2.24, 2.45) is 5.73 Å². The number of nitrogens with zero attached hydrogens (tertiary/aromatic N) is 3. The highest BCUT2D eigenvalue weighted by Gasteiger charge is 2.28. The molecule has 1 aliphatic rings. The number of aryl methyl sites for hydroxylation is 1. The predicted octanol–water partition coefficient (Wildman–Crippen LogP) is 2.03. The molecule has 5 heteroatoms. The summed E-state index contributed by atoms with van der Waals surface area (Å²) in [6.45, 7) is 1.99. The molecule has 0 radical (unpaired) electrons. The van der Waals surface area contributed by atoms with Crippen LogP contribution < -0.4 is 5.73 Å². The zero-order chi connectivity index (χ0) is 11.1. The van der Waals surface area contributed by atoms with E-state index in [1.54, 1.807) is 11.3 Å². The SMILES string of the molecule is Cc1csc(C(N)c2cncn2C2CC2)n1. The van der Waals surface area contributed by atoms with Crippen LogP contribution in [-0.2, 0) is 0 Å². The fourth-order valence-electron chi connectivity index (χ4n) is 1.86. The number of imidazole rings is 1. The topological polar surface area (TPSA) is 56.7 Å². The molecular formula is C11H14N4S. The fourth-order valence-corrected chi connectivity index (χ4v) is 2.66. The molecule has 4 nitrogen and oxygen atoms in total. The molecule has 1 fully saturated rings. The quantitative estimate of drug-likeness (QED) is 0.884. The minimum Gasteiger partial charge on any atom is -0.330 e. The Morgan fingerprint density at radius 1 is 1.56 bits per heavy atom. The monoisotopic (exact) mass is 234 g/mol. The largest absolute Gasteiger partial charge is 0.330 e. The lowest BCUT2D eigenvalue weighted by Crippen LogP contribution is -2.16. The maximum absolute atomic E-state index is 6.23. The van der Waals surface area contributed by atoms with E-state index in [-0.39, 0.29) is 6.04 Å². The van der Waals surface area contributed by atoms with E-state index in [0.29, 0.717) is 6.04 Å². The molecule has 0 aromatic carbocycles. The minimum atomic E-state index is -0.137. The number of rotatable bonds is 3. The van der Waals surface area contributed by atoms with Gasteiger partial charge >= 0.3 is 0 Å². The van der Waals surface area contributed by atoms with Crippen LogP contribution in [0.5, 0.6) is 0 Å². The molecule has 1 unspecified atom stereocenters.